The molecule has 0 fully saturated rings. The number of rotatable bonds is 3. The van der Waals surface area contributed by atoms with Gasteiger partial charge in [-0.3, -0.25) is 0 Å². The van der Waals surface area contributed by atoms with Gasteiger partial charge in [0.15, 0.2) is 0 Å². The minimum atomic E-state index is 0.966. The van der Waals surface area contributed by atoms with E-state index in [2.05, 4.69) is 276 Å². The number of benzene rings is 14. The Balaban J connectivity index is 0.000000121. The van der Waals surface area contributed by atoms with E-state index in [1.54, 1.807) is 0 Å². The van der Waals surface area contributed by atoms with Crippen LogP contribution in [-0.4, -0.2) is 9.13 Å². The Morgan fingerprint density at radius 2 is 0.716 bits per heavy atom. The van der Waals surface area contributed by atoms with Gasteiger partial charge in [0, 0.05) is 38.2 Å². The average Bonchev–Trinajstić information content (AvgIpc) is 4.42. The molecule has 20 rings (SSSR count). The van der Waals surface area contributed by atoms with Gasteiger partial charge in [0.05, 0.1) is 27.8 Å². The molecule has 0 unspecified atom stereocenters. The molecule has 14 aromatic carbocycles. The second-order valence-corrected chi connectivity index (χ2v) is 22.5. The molecular weight excluding hydrogens is 977 g/mol. The van der Waals surface area contributed by atoms with E-state index < -0.39 is 0 Å². The lowest BCUT2D eigenvalue weighted by Gasteiger charge is -2.17. The zero-order chi connectivity index (χ0) is 52.6. The van der Waals surface area contributed by atoms with Crippen molar-refractivity contribution in [2.75, 3.05) is 0 Å². The van der Waals surface area contributed by atoms with E-state index in [1.165, 1.54) is 187 Å². The third kappa shape index (κ3) is 5.75. The maximum absolute atomic E-state index is 2.52. The van der Waals surface area contributed by atoms with Crippen LogP contribution in [0.1, 0.15) is 11.1 Å². The van der Waals surface area contributed by atoms with Crippen LogP contribution in [0.25, 0.3) is 176 Å². The molecular formula is C79H46N2. The summed E-state index contributed by atoms with van der Waals surface area (Å²) in [5.41, 5.74) is 31.6. The second kappa shape index (κ2) is 16.0. The van der Waals surface area contributed by atoms with Crippen LogP contribution in [0, 0.1) is 0 Å². The largest absolute Gasteiger partial charge is 0.309 e. The van der Waals surface area contributed by atoms with Crippen molar-refractivity contribution in [2.45, 2.75) is 6.42 Å². The van der Waals surface area contributed by atoms with Crippen LogP contribution in [0.15, 0.2) is 267 Å². The van der Waals surface area contributed by atoms with Crippen molar-refractivity contribution in [2.24, 2.45) is 0 Å². The fourth-order valence-corrected chi connectivity index (χ4v) is 15.4. The van der Waals surface area contributed by atoms with E-state index in [-0.39, 0.29) is 0 Å². The minimum Gasteiger partial charge on any atom is -0.309 e. The normalized spacial score (nSPS) is 12.6. The first-order chi connectivity index (χ1) is 40.2. The SMILES string of the molecule is c1ccc(-c2ccc(-n3c4cc5c(c6c4c4c7c(cccc7ccc43)-c3ccccc3-6)-c3ccccc3C5)cc2)cc1.c1ccc2c(c1)-c1cccc3c(-n4c5cccc6c5c5c7c(cccc7ccc54)-c4ccccc4-6)ccc-2c13. The van der Waals surface area contributed by atoms with Crippen LogP contribution in [0.2, 0.25) is 0 Å². The molecule has 2 heteroatoms. The van der Waals surface area contributed by atoms with Crippen molar-refractivity contribution in [3.8, 4) is 100 Å². The van der Waals surface area contributed by atoms with E-state index in [1.807, 2.05) is 0 Å². The van der Waals surface area contributed by atoms with Crippen LogP contribution in [0.4, 0.5) is 0 Å². The van der Waals surface area contributed by atoms with Crippen LogP contribution in [0.5, 0.6) is 0 Å². The average molecular weight is 1020 g/mol. The highest BCUT2D eigenvalue weighted by Gasteiger charge is 2.32. The van der Waals surface area contributed by atoms with Gasteiger partial charge in [-0.1, -0.05) is 224 Å². The number of nitrogens with zero attached hydrogens (tertiary/aromatic N) is 2. The zero-order valence-electron chi connectivity index (χ0n) is 44.0. The van der Waals surface area contributed by atoms with E-state index in [0.717, 1.165) is 6.42 Å². The molecule has 372 valence electrons. The van der Waals surface area contributed by atoms with Crippen molar-refractivity contribution in [3.05, 3.63) is 278 Å². The standard InChI is InChI=1S/C41H25N.C38H21N/c1-2-9-25(10-3-1)26-17-20-30(21-18-26)42-35-22-19-27-12-8-16-33-32-14-6-7-15-34(32)39-38-29(23-28-11-4-5-13-31(28)38)24-36(42)41(39)40(35)37(27)33;1-3-11-25-23(9-1)27-13-5-8-22-18-20-34-38(35(22)27)37-29(25)15-7-17-33(37)39(34)32-21-19-30-26-12-4-2-10-24(26)28-14-6-16-31(32)36(28)30/h1-22,24H,23H2;1-21H. The van der Waals surface area contributed by atoms with Gasteiger partial charge in [-0.2, -0.15) is 0 Å². The molecule has 2 nitrogen and oxygen atoms in total. The predicted molar refractivity (Wildman–Crippen MR) is 341 cm³/mol. The summed E-state index contributed by atoms with van der Waals surface area (Å²) >= 11 is 0. The van der Waals surface area contributed by atoms with E-state index >= 15 is 0 Å². The van der Waals surface area contributed by atoms with Crippen molar-refractivity contribution in [3.63, 3.8) is 0 Å². The summed E-state index contributed by atoms with van der Waals surface area (Å²) in [6.07, 6.45) is 0.966. The first-order valence-electron chi connectivity index (χ1n) is 28.4. The molecule has 0 N–H and O–H groups in total. The van der Waals surface area contributed by atoms with E-state index in [0.29, 0.717) is 0 Å². The van der Waals surface area contributed by atoms with Crippen LogP contribution >= 0.6 is 0 Å². The van der Waals surface area contributed by atoms with Crippen molar-refractivity contribution in [1.29, 1.82) is 0 Å². The molecule has 0 spiro atoms. The van der Waals surface area contributed by atoms with Gasteiger partial charge in [0.25, 0.3) is 0 Å². The smallest absolute Gasteiger partial charge is 0.0550 e. The molecule has 2 heterocycles. The third-order valence-electron chi connectivity index (χ3n) is 18.6. The summed E-state index contributed by atoms with van der Waals surface area (Å²) in [6, 6.07) is 99.2. The predicted octanol–water partition coefficient (Wildman–Crippen LogP) is 21.2. The topological polar surface area (TPSA) is 9.86 Å². The Morgan fingerprint density at radius 1 is 0.235 bits per heavy atom. The Labute approximate surface area is 467 Å². The number of fused-ring (bicyclic) bond motifs is 13. The molecule has 81 heavy (non-hydrogen) atoms. The van der Waals surface area contributed by atoms with Gasteiger partial charge in [-0.25, -0.2) is 0 Å². The summed E-state index contributed by atoms with van der Waals surface area (Å²) in [5, 5.41) is 13.4. The van der Waals surface area contributed by atoms with Crippen LogP contribution < -0.4 is 0 Å². The maximum Gasteiger partial charge on any atom is 0.0550 e. The molecule has 0 saturated heterocycles. The molecule has 0 aliphatic heterocycles. The van der Waals surface area contributed by atoms with E-state index in [4.69, 9.17) is 0 Å². The van der Waals surface area contributed by atoms with Gasteiger partial charge >= 0.3 is 0 Å². The Kier molecular flexibility index (Phi) is 8.60. The fourth-order valence-electron chi connectivity index (χ4n) is 15.4. The summed E-state index contributed by atoms with van der Waals surface area (Å²) < 4.78 is 5.03. The number of aromatic nitrogens is 2. The molecule has 16 aromatic rings. The number of hydrogen-bond acceptors (Lipinski definition) is 0. The fraction of sp³-hybridized carbons (Fsp3) is 0.0127. The van der Waals surface area contributed by atoms with Gasteiger partial charge < -0.3 is 9.13 Å². The summed E-state index contributed by atoms with van der Waals surface area (Å²) in [7, 11) is 0. The Bertz CT molecular complexity index is 5450. The van der Waals surface area contributed by atoms with Gasteiger partial charge in [0.2, 0.25) is 0 Å². The lowest BCUT2D eigenvalue weighted by Crippen LogP contribution is -1.97. The van der Waals surface area contributed by atoms with Gasteiger partial charge in [0.1, 0.15) is 0 Å². The molecule has 0 amide bonds. The maximum atomic E-state index is 2.52. The quantitative estimate of drug-likeness (QED) is 0.167. The molecule has 2 aromatic heterocycles. The highest BCUT2D eigenvalue weighted by molar-refractivity contribution is 6.33. The first-order valence-corrected chi connectivity index (χ1v) is 28.4. The van der Waals surface area contributed by atoms with Gasteiger partial charge in [-0.05, 0) is 170 Å². The highest BCUT2D eigenvalue weighted by atomic mass is 15.0. The highest BCUT2D eigenvalue weighted by Crippen LogP contribution is 2.57. The lowest BCUT2D eigenvalue weighted by atomic mass is 9.88. The molecule has 0 atom stereocenters. The molecule has 0 saturated carbocycles. The van der Waals surface area contributed by atoms with Crippen molar-refractivity contribution < 1.29 is 0 Å². The van der Waals surface area contributed by atoms with Gasteiger partial charge in [-0.15, -0.1) is 0 Å². The van der Waals surface area contributed by atoms with E-state index in [9.17, 15) is 0 Å². The third-order valence-corrected chi connectivity index (χ3v) is 18.6. The van der Waals surface area contributed by atoms with Crippen LogP contribution in [0.3, 0.4) is 0 Å². The first kappa shape index (κ1) is 43.4. The molecule has 0 bridgehead atoms. The number of hydrogen-bond donors (Lipinski definition) is 0. The minimum absolute atomic E-state index is 0.966. The van der Waals surface area contributed by atoms with Crippen molar-refractivity contribution >= 4 is 75.9 Å². The molecule has 4 aliphatic carbocycles. The van der Waals surface area contributed by atoms with Crippen LogP contribution in [-0.2, 0) is 6.42 Å². The summed E-state index contributed by atoms with van der Waals surface area (Å²) in [5.74, 6) is 0. The Morgan fingerprint density at radius 3 is 1.38 bits per heavy atom. The molecule has 0 radical (unpaired) electrons. The lowest BCUT2D eigenvalue weighted by molar-refractivity contribution is 1.17. The second-order valence-electron chi connectivity index (χ2n) is 22.5. The van der Waals surface area contributed by atoms with Crippen molar-refractivity contribution in [1.82, 2.24) is 9.13 Å². The Hall–Kier alpha value is -10.5. The monoisotopic (exact) mass is 1020 g/mol. The molecule has 4 aliphatic rings. The summed E-state index contributed by atoms with van der Waals surface area (Å²) in [6.45, 7) is 0. The zero-order valence-corrected chi connectivity index (χ0v) is 44.0. The summed E-state index contributed by atoms with van der Waals surface area (Å²) in [4.78, 5) is 0.